The van der Waals surface area contributed by atoms with Crippen molar-refractivity contribution in [3.8, 4) is 11.8 Å². The zero-order chi connectivity index (χ0) is 31.1. The number of amides is 2. The maximum absolute atomic E-state index is 12.1. The minimum atomic E-state index is -0.506. The highest BCUT2D eigenvalue weighted by Crippen LogP contribution is 2.30. The molecule has 1 aromatic heterocycles. The Hall–Kier alpha value is -4.42. The van der Waals surface area contributed by atoms with E-state index in [0.717, 1.165) is 61.3 Å². The van der Waals surface area contributed by atoms with E-state index in [1.807, 2.05) is 56.6 Å². The molecule has 0 bridgehead atoms. The molecule has 9 nitrogen and oxygen atoms in total. The second-order valence-corrected chi connectivity index (χ2v) is 11.5. The van der Waals surface area contributed by atoms with Crippen molar-refractivity contribution in [3.63, 3.8) is 0 Å². The lowest BCUT2D eigenvalue weighted by Gasteiger charge is -2.42. The minimum absolute atomic E-state index is 0.151. The van der Waals surface area contributed by atoms with Crippen LogP contribution in [0.15, 0.2) is 48.8 Å². The second-order valence-electron chi connectivity index (χ2n) is 11.5. The first-order valence-electron chi connectivity index (χ1n) is 14.8. The monoisotopic (exact) mass is 582 g/mol. The molecule has 226 valence electrons. The molecule has 0 unspecified atom stereocenters. The zero-order valence-corrected chi connectivity index (χ0v) is 25.6. The van der Waals surface area contributed by atoms with Crippen LogP contribution in [0.2, 0.25) is 0 Å². The number of benzene rings is 2. The van der Waals surface area contributed by atoms with E-state index in [1.54, 1.807) is 6.07 Å². The summed E-state index contributed by atoms with van der Waals surface area (Å²) >= 11 is 0. The van der Waals surface area contributed by atoms with Crippen LogP contribution < -0.4 is 21.1 Å². The van der Waals surface area contributed by atoms with E-state index in [1.165, 1.54) is 11.1 Å². The fourth-order valence-corrected chi connectivity index (χ4v) is 6.16. The van der Waals surface area contributed by atoms with Gasteiger partial charge in [-0.2, -0.15) is 5.26 Å². The number of nitriles is 1. The minimum Gasteiger partial charge on any atom is -0.484 e. The van der Waals surface area contributed by atoms with Crippen molar-refractivity contribution in [1.29, 1.82) is 5.26 Å². The highest BCUT2D eigenvalue weighted by Gasteiger charge is 2.28. The fourth-order valence-electron chi connectivity index (χ4n) is 6.16. The Kier molecular flexibility index (Phi) is 10.4. The van der Waals surface area contributed by atoms with E-state index >= 15 is 0 Å². The predicted molar refractivity (Wildman–Crippen MR) is 168 cm³/mol. The Labute approximate surface area is 254 Å². The number of rotatable bonds is 12. The quantitative estimate of drug-likeness (QED) is 0.324. The van der Waals surface area contributed by atoms with Crippen LogP contribution in [0, 0.1) is 32.1 Å². The summed E-state index contributed by atoms with van der Waals surface area (Å²) in [7, 11) is 0. The van der Waals surface area contributed by atoms with Gasteiger partial charge >= 0.3 is 0 Å². The van der Waals surface area contributed by atoms with E-state index in [4.69, 9.17) is 16.2 Å². The zero-order valence-electron chi connectivity index (χ0n) is 25.6. The third kappa shape index (κ3) is 7.70. The van der Waals surface area contributed by atoms with E-state index in [2.05, 4.69) is 34.7 Å². The van der Waals surface area contributed by atoms with Gasteiger partial charge in [0.25, 0.3) is 5.91 Å². The molecule has 0 saturated carbocycles. The van der Waals surface area contributed by atoms with Gasteiger partial charge < -0.3 is 26.0 Å². The number of aromatic nitrogens is 1. The Morgan fingerprint density at radius 2 is 1.81 bits per heavy atom. The molecule has 1 fully saturated rings. The second kappa shape index (κ2) is 14.2. The maximum atomic E-state index is 12.1. The van der Waals surface area contributed by atoms with Crippen molar-refractivity contribution in [3.05, 3.63) is 87.7 Å². The molecule has 4 rings (SSSR count). The molecule has 9 heteroatoms. The summed E-state index contributed by atoms with van der Waals surface area (Å²) in [5, 5.41) is 9.76. The van der Waals surface area contributed by atoms with Gasteiger partial charge in [-0.1, -0.05) is 0 Å². The topological polar surface area (TPSA) is 139 Å². The van der Waals surface area contributed by atoms with Crippen LogP contribution in [0.3, 0.4) is 0 Å². The predicted octanol–water partition coefficient (Wildman–Crippen LogP) is 4.33. The number of nitrogens with two attached hydrogens (primary N) is 2. The number of hydrogen-bond acceptors (Lipinski definition) is 7. The fraction of sp³-hybridized carbons (Fsp3) is 0.412. The third-order valence-electron chi connectivity index (χ3n) is 8.69. The first-order valence-corrected chi connectivity index (χ1v) is 14.8. The molecule has 1 saturated heterocycles. The Morgan fingerprint density at radius 1 is 1.12 bits per heavy atom. The largest absolute Gasteiger partial charge is 0.484 e. The van der Waals surface area contributed by atoms with Gasteiger partial charge in [-0.05, 0) is 118 Å². The number of likely N-dealkylation sites (tertiary alicyclic amines) is 1. The summed E-state index contributed by atoms with van der Waals surface area (Å²) in [5.74, 6) is -0.349. The van der Waals surface area contributed by atoms with Gasteiger partial charge in [-0.15, -0.1) is 0 Å². The maximum Gasteiger partial charge on any atom is 0.255 e. The van der Waals surface area contributed by atoms with Crippen LogP contribution in [-0.4, -0.2) is 53.5 Å². The molecule has 2 amide bonds. The number of anilines is 1. The summed E-state index contributed by atoms with van der Waals surface area (Å²) in [6, 6.07) is 14.6. The van der Waals surface area contributed by atoms with Gasteiger partial charge in [0.2, 0.25) is 5.91 Å². The standard InChI is InChI=1S/C34H42N6O3/c1-22-11-14-38-19-27(22)20-40(28-6-8-30(9-7-28)43-21-32(36)41)29-12-15-39(16-13-29)24(3)5-10-31-25(4)33(34(37)42)23(2)17-26(31)18-35/h6-9,11,14,17,19,24,29H,5,10,12-13,15-16,20-21H2,1-4H3,(H2,36,41)(H2,37,42)/t24-/m1/s1. The Bertz CT molecular complexity index is 1490. The SMILES string of the molecule is Cc1ccncc1CN(c1ccc(OCC(N)=O)cc1)C1CCN([C@H](C)CCc2c(C#N)cc(C)c(C(N)=O)c2C)CC1. The lowest BCUT2D eigenvalue weighted by Crippen LogP contribution is -2.47. The van der Waals surface area contributed by atoms with Crippen molar-refractivity contribution < 1.29 is 14.3 Å². The summed E-state index contributed by atoms with van der Waals surface area (Å²) < 4.78 is 5.48. The number of carbonyl (C=O) groups is 2. The van der Waals surface area contributed by atoms with Crippen molar-refractivity contribution in [2.75, 3.05) is 24.6 Å². The van der Waals surface area contributed by atoms with Gasteiger partial charge in [-0.25, -0.2) is 0 Å². The summed E-state index contributed by atoms with van der Waals surface area (Å²) in [6.07, 6.45) is 7.36. The molecule has 4 N–H and O–H groups in total. The average molecular weight is 583 g/mol. The molecule has 1 atom stereocenters. The molecule has 0 radical (unpaired) electrons. The molecule has 1 aliphatic rings. The van der Waals surface area contributed by atoms with Crippen LogP contribution in [0.25, 0.3) is 0 Å². The number of hydrogen-bond donors (Lipinski definition) is 2. The molecule has 0 aliphatic carbocycles. The number of piperidine rings is 1. The smallest absolute Gasteiger partial charge is 0.255 e. The van der Waals surface area contributed by atoms with Crippen LogP contribution in [0.4, 0.5) is 5.69 Å². The highest BCUT2D eigenvalue weighted by molar-refractivity contribution is 5.96. The number of pyridine rings is 1. The highest BCUT2D eigenvalue weighted by atomic mass is 16.5. The first kappa shape index (κ1) is 31.5. The van der Waals surface area contributed by atoms with E-state index in [9.17, 15) is 14.9 Å². The Morgan fingerprint density at radius 3 is 2.42 bits per heavy atom. The van der Waals surface area contributed by atoms with Crippen molar-refractivity contribution in [2.24, 2.45) is 11.5 Å². The first-order chi connectivity index (χ1) is 20.6. The number of aryl methyl sites for hydroxylation is 2. The van der Waals surface area contributed by atoms with Crippen molar-refractivity contribution in [1.82, 2.24) is 9.88 Å². The lowest BCUT2D eigenvalue weighted by atomic mass is 9.89. The van der Waals surface area contributed by atoms with Gasteiger partial charge in [0.05, 0.1) is 11.6 Å². The average Bonchev–Trinajstić information content (AvgIpc) is 2.99. The van der Waals surface area contributed by atoms with Crippen molar-refractivity contribution in [2.45, 2.75) is 72.0 Å². The molecule has 43 heavy (non-hydrogen) atoms. The molecule has 3 aromatic rings. The van der Waals surface area contributed by atoms with E-state index in [-0.39, 0.29) is 6.61 Å². The van der Waals surface area contributed by atoms with Crippen LogP contribution in [-0.2, 0) is 17.8 Å². The van der Waals surface area contributed by atoms with Crippen LogP contribution >= 0.6 is 0 Å². The normalized spacial score (nSPS) is 14.6. The van der Waals surface area contributed by atoms with Crippen LogP contribution in [0.5, 0.6) is 5.75 Å². The van der Waals surface area contributed by atoms with Crippen LogP contribution in [0.1, 0.15) is 69.9 Å². The molecule has 1 aliphatic heterocycles. The molecule has 2 heterocycles. The third-order valence-corrected chi connectivity index (χ3v) is 8.69. The summed E-state index contributed by atoms with van der Waals surface area (Å²) in [5.41, 5.74) is 18.0. The molecule has 2 aromatic carbocycles. The van der Waals surface area contributed by atoms with Gasteiger partial charge in [0.15, 0.2) is 6.61 Å². The molecule has 0 spiro atoms. The Balaban J connectivity index is 1.45. The number of ether oxygens (including phenoxy) is 1. The van der Waals surface area contributed by atoms with E-state index < -0.39 is 11.8 Å². The van der Waals surface area contributed by atoms with Gasteiger partial charge in [0, 0.05) is 55.4 Å². The number of nitrogens with zero attached hydrogens (tertiary/aromatic N) is 4. The van der Waals surface area contributed by atoms with E-state index in [0.29, 0.717) is 35.4 Å². The van der Waals surface area contributed by atoms with Gasteiger partial charge in [0.1, 0.15) is 5.75 Å². The summed E-state index contributed by atoms with van der Waals surface area (Å²) in [6.45, 7) is 10.6. The van der Waals surface area contributed by atoms with Crippen molar-refractivity contribution >= 4 is 17.5 Å². The van der Waals surface area contributed by atoms with Gasteiger partial charge in [-0.3, -0.25) is 14.6 Å². The summed E-state index contributed by atoms with van der Waals surface area (Å²) in [4.78, 5) is 32.5. The lowest BCUT2D eigenvalue weighted by molar-refractivity contribution is -0.119. The molecular formula is C34H42N6O3. The number of carbonyl (C=O) groups excluding carboxylic acids is 2. The molecular weight excluding hydrogens is 540 g/mol. The number of primary amides is 2.